The Bertz CT molecular complexity index is 569. The molecule has 0 aromatic heterocycles. The average molecular weight is 296 g/mol. The van der Waals surface area contributed by atoms with Gasteiger partial charge >= 0.3 is 0 Å². The summed E-state index contributed by atoms with van der Waals surface area (Å²) < 4.78 is 27.0. The van der Waals surface area contributed by atoms with Crippen LogP contribution in [0.5, 0.6) is 0 Å². The molecule has 0 aliphatic carbocycles. The van der Waals surface area contributed by atoms with Crippen molar-refractivity contribution in [3.05, 3.63) is 29.3 Å². The van der Waals surface area contributed by atoms with E-state index in [2.05, 4.69) is 12.2 Å². The predicted octanol–water partition coefficient (Wildman–Crippen LogP) is 2.14. The number of hydrogen-bond donors (Lipinski definition) is 1. The first-order chi connectivity index (χ1) is 9.48. The van der Waals surface area contributed by atoms with Gasteiger partial charge in [0, 0.05) is 19.6 Å². The van der Waals surface area contributed by atoms with Crippen molar-refractivity contribution in [1.29, 1.82) is 0 Å². The first-order valence-electron chi connectivity index (χ1n) is 7.23. The summed E-state index contributed by atoms with van der Waals surface area (Å²) in [6, 6.07) is 5.43. The van der Waals surface area contributed by atoms with Crippen LogP contribution in [0.1, 0.15) is 30.9 Å². The second-order valence-corrected chi connectivity index (χ2v) is 7.48. The van der Waals surface area contributed by atoms with E-state index in [1.807, 2.05) is 20.0 Å². The maximum atomic E-state index is 12.7. The Hall–Kier alpha value is -0.910. The number of nitrogens with one attached hydrogen (secondary N) is 1. The summed E-state index contributed by atoms with van der Waals surface area (Å²) in [4.78, 5) is 0.421. The summed E-state index contributed by atoms with van der Waals surface area (Å²) in [7, 11) is -1.47. The molecule has 5 heteroatoms. The summed E-state index contributed by atoms with van der Waals surface area (Å²) in [5.74, 6) is 0.506. The molecule has 0 amide bonds. The van der Waals surface area contributed by atoms with Gasteiger partial charge in [0.15, 0.2) is 0 Å². The lowest BCUT2D eigenvalue weighted by molar-refractivity contribution is 0.453. The topological polar surface area (TPSA) is 49.4 Å². The van der Waals surface area contributed by atoms with E-state index >= 15 is 0 Å². The van der Waals surface area contributed by atoms with Crippen molar-refractivity contribution in [1.82, 2.24) is 9.62 Å². The normalized spacial score (nSPS) is 20.4. The van der Waals surface area contributed by atoms with E-state index in [0.29, 0.717) is 30.4 Å². The fourth-order valence-electron chi connectivity index (χ4n) is 2.69. The van der Waals surface area contributed by atoms with Gasteiger partial charge in [-0.3, -0.25) is 0 Å². The standard InChI is InChI=1S/C15H24N2O2S/c1-4-13-7-8-17(11-13)20(18,19)15-6-5-12(2)14(9-15)10-16-3/h5-6,9,13,16H,4,7-8,10-11H2,1-3H3. The highest BCUT2D eigenvalue weighted by Crippen LogP contribution is 2.27. The predicted molar refractivity (Wildman–Crippen MR) is 81.1 cm³/mol. The summed E-state index contributed by atoms with van der Waals surface area (Å²) in [6.07, 6.45) is 2.02. The number of aryl methyl sites for hydroxylation is 1. The minimum absolute atomic E-state index is 0.421. The van der Waals surface area contributed by atoms with Crippen molar-refractivity contribution in [2.75, 3.05) is 20.1 Å². The maximum Gasteiger partial charge on any atom is 0.243 e. The second-order valence-electron chi connectivity index (χ2n) is 5.54. The highest BCUT2D eigenvalue weighted by Gasteiger charge is 2.31. The molecule has 1 saturated heterocycles. The molecule has 2 rings (SSSR count). The van der Waals surface area contributed by atoms with Gasteiger partial charge in [0.1, 0.15) is 0 Å². The van der Waals surface area contributed by atoms with Gasteiger partial charge < -0.3 is 5.32 Å². The summed E-state index contributed by atoms with van der Waals surface area (Å²) in [5, 5.41) is 3.08. The van der Waals surface area contributed by atoms with Crippen molar-refractivity contribution >= 4 is 10.0 Å². The molecule has 0 saturated carbocycles. The molecule has 1 fully saturated rings. The van der Waals surface area contributed by atoms with Gasteiger partial charge in [-0.1, -0.05) is 19.4 Å². The zero-order valence-corrected chi connectivity index (χ0v) is 13.3. The Labute approximate surface area is 122 Å². The molecule has 0 spiro atoms. The fraction of sp³-hybridized carbons (Fsp3) is 0.600. The lowest BCUT2D eigenvalue weighted by Crippen LogP contribution is -2.29. The zero-order valence-electron chi connectivity index (χ0n) is 12.5. The van der Waals surface area contributed by atoms with Crippen molar-refractivity contribution < 1.29 is 8.42 Å². The largest absolute Gasteiger partial charge is 0.316 e. The van der Waals surface area contributed by atoms with Crippen LogP contribution in [-0.2, 0) is 16.6 Å². The molecule has 1 N–H and O–H groups in total. The third-order valence-corrected chi connectivity index (χ3v) is 6.01. The summed E-state index contributed by atoms with van der Waals surface area (Å²) in [5.41, 5.74) is 2.16. The van der Waals surface area contributed by atoms with E-state index in [1.54, 1.807) is 16.4 Å². The monoisotopic (exact) mass is 296 g/mol. The van der Waals surface area contributed by atoms with Crippen LogP contribution in [-0.4, -0.2) is 32.9 Å². The lowest BCUT2D eigenvalue weighted by Gasteiger charge is -2.17. The lowest BCUT2D eigenvalue weighted by atomic mass is 10.1. The van der Waals surface area contributed by atoms with Crippen LogP contribution in [0, 0.1) is 12.8 Å². The van der Waals surface area contributed by atoms with E-state index in [1.165, 1.54) is 0 Å². The van der Waals surface area contributed by atoms with E-state index in [0.717, 1.165) is 24.0 Å². The van der Waals surface area contributed by atoms with Crippen molar-refractivity contribution in [3.63, 3.8) is 0 Å². The smallest absolute Gasteiger partial charge is 0.243 e. The van der Waals surface area contributed by atoms with Crippen LogP contribution in [0.2, 0.25) is 0 Å². The molecule has 4 nitrogen and oxygen atoms in total. The van der Waals surface area contributed by atoms with E-state index < -0.39 is 10.0 Å². The van der Waals surface area contributed by atoms with Crippen molar-refractivity contribution in [2.45, 2.75) is 38.1 Å². The van der Waals surface area contributed by atoms with E-state index in [9.17, 15) is 8.42 Å². The van der Waals surface area contributed by atoms with Crippen LogP contribution < -0.4 is 5.32 Å². The molecule has 1 aliphatic heterocycles. The highest BCUT2D eigenvalue weighted by atomic mass is 32.2. The average Bonchev–Trinajstić information content (AvgIpc) is 2.91. The number of rotatable bonds is 5. The van der Waals surface area contributed by atoms with Crippen LogP contribution in [0.3, 0.4) is 0 Å². The quantitative estimate of drug-likeness (QED) is 0.905. The molecular formula is C15H24N2O2S. The molecule has 1 aromatic carbocycles. The van der Waals surface area contributed by atoms with Gasteiger partial charge in [0.2, 0.25) is 10.0 Å². The van der Waals surface area contributed by atoms with Gasteiger partial charge in [-0.15, -0.1) is 0 Å². The van der Waals surface area contributed by atoms with Crippen LogP contribution >= 0.6 is 0 Å². The molecule has 1 aromatic rings. The molecule has 1 atom stereocenters. The van der Waals surface area contributed by atoms with Crippen molar-refractivity contribution in [3.8, 4) is 0 Å². The highest BCUT2D eigenvalue weighted by molar-refractivity contribution is 7.89. The minimum atomic E-state index is -3.33. The van der Waals surface area contributed by atoms with Crippen LogP contribution in [0.4, 0.5) is 0 Å². The Kier molecular flexibility index (Phi) is 4.83. The Morgan fingerprint density at radius 1 is 1.40 bits per heavy atom. The summed E-state index contributed by atoms with van der Waals surface area (Å²) in [6.45, 7) is 6.13. The van der Waals surface area contributed by atoms with Gasteiger partial charge in [-0.25, -0.2) is 8.42 Å². The Morgan fingerprint density at radius 2 is 2.15 bits per heavy atom. The second kappa shape index (κ2) is 6.24. The van der Waals surface area contributed by atoms with Crippen LogP contribution in [0.25, 0.3) is 0 Å². The number of sulfonamides is 1. The van der Waals surface area contributed by atoms with E-state index in [4.69, 9.17) is 0 Å². The van der Waals surface area contributed by atoms with Gasteiger partial charge in [-0.05, 0) is 49.6 Å². The minimum Gasteiger partial charge on any atom is -0.316 e. The van der Waals surface area contributed by atoms with Gasteiger partial charge in [-0.2, -0.15) is 4.31 Å². The van der Waals surface area contributed by atoms with E-state index in [-0.39, 0.29) is 0 Å². The molecule has 0 bridgehead atoms. The number of benzene rings is 1. The Morgan fingerprint density at radius 3 is 2.75 bits per heavy atom. The third-order valence-electron chi connectivity index (χ3n) is 4.15. The first kappa shape index (κ1) is 15.5. The van der Waals surface area contributed by atoms with Gasteiger partial charge in [0.05, 0.1) is 4.90 Å². The third kappa shape index (κ3) is 3.05. The molecule has 1 aliphatic rings. The molecule has 1 heterocycles. The maximum absolute atomic E-state index is 12.7. The number of nitrogens with zero attached hydrogens (tertiary/aromatic N) is 1. The SMILES string of the molecule is CCC1CCN(S(=O)(=O)c2ccc(C)c(CNC)c2)C1. The van der Waals surface area contributed by atoms with Gasteiger partial charge in [0.25, 0.3) is 0 Å². The molecule has 0 radical (unpaired) electrons. The Balaban J connectivity index is 2.28. The molecular weight excluding hydrogens is 272 g/mol. The first-order valence-corrected chi connectivity index (χ1v) is 8.67. The zero-order chi connectivity index (χ0) is 14.8. The summed E-state index contributed by atoms with van der Waals surface area (Å²) >= 11 is 0. The molecule has 20 heavy (non-hydrogen) atoms. The van der Waals surface area contributed by atoms with Crippen LogP contribution in [0.15, 0.2) is 23.1 Å². The van der Waals surface area contributed by atoms with Crippen molar-refractivity contribution in [2.24, 2.45) is 5.92 Å². The number of hydrogen-bond acceptors (Lipinski definition) is 3. The fourth-order valence-corrected chi connectivity index (χ4v) is 4.27. The molecule has 112 valence electrons. The molecule has 1 unspecified atom stereocenters.